The number of nitrogens with one attached hydrogen (secondary N) is 2. The summed E-state index contributed by atoms with van der Waals surface area (Å²) >= 11 is 0. The van der Waals surface area contributed by atoms with Gasteiger partial charge < -0.3 is 5.32 Å². The second kappa shape index (κ2) is 7.25. The van der Waals surface area contributed by atoms with E-state index in [0.29, 0.717) is 5.82 Å². The van der Waals surface area contributed by atoms with Crippen molar-refractivity contribution >= 4 is 22.6 Å². The van der Waals surface area contributed by atoms with E-state index in [9.17, 15) is 4.79 Å². The molecule has 0 saturated carbocycles. The Bertz CT molecular complexity index is 919. The molecule has 2 aromatic heterocycles. The molecule has 4 rings (SSSR count). The predicted molar refractivity (Wildman–Crippen MR) is 102 cm³/mol. The van der Waals surface area contributed by atoms with Gasteiger partial charge in [0, 0.05) is 24.7 Å². The lowest BCUT2D eigenvalue weighted by Crippen LogP contribution is -2.40. The van der Waals surface area contributed by atoms with Crippen molar-refractivity contribution in [1.82, 2.24) is 20.1 Å². The molecule has 1 aliphatic rings. The minimum atomic E-state index is 0.000965. The van der Waals surface area contributed by atoms with Crippen molar-refractivity contribution in [2.45, 2.75) is 26.3 Å². The number of H-pyrrole nitrogens is 1. The van der Waals surface area contributed by atoms with Crippen LogP contribution in [-0.4, -0.2) is 39.1 Å². The van der Waals surface area contributed by atoms with Gasteiger partial charge in [0.2, 0.25) is 5.91 Å². The van der Waals surface area contributed by atoms with Crippen LogP contribution >= 0.6 is 0 Å². The fraction of sp³-hybridized carbons (Fsp3) is 0.350. The molecule has 1 aliphatic heterocycles. The van der Waals surface area contributed by atoms with Crippen LogP contribution in [0.3, 0.4) is 0 Å². The van der Waals surface area contributed by atoms with Crippen molar-refractivity contribution in [3.8, 4) is 0 Å². The molecule has 6 nitrogen and oxygen atoms in total. The molecule has 26 heavy (non-hydrogen) atoms. The van der Waals surface area contributed by atoms with E-state index in [1.807, 2.05) is 25.3 Å². The van der Waals surface area contributed by atoms with E-state index < -0.39 is 0 Å². The Hall–Kier alpha value is -2.73. The largest absolute Gasteiger partial charge is 0.310 e. The van der Waals surface area contributed by atoms with Crippen molar-refractivity contribution in [3.63, 3.8) is 0 Å². The topological polar surface area (TPSA) is 73.9 Å². The molecule has 3 heterocycles. The highest BCUT2D eigenvalue weighted by atomic mass is 16.2. The number of pyridine rings is 1. The number of piperidine rings is 1. The van der Waals surface area contributed by atoms with Crippen molar-refractivity contribution in [2.24, 2.45) is 5.92 Å². The smallest absolute Gasteiger partial charge is 0.229 e. The minimum absolute atomic E-state index is 0.000965. The van der Waals surface area contributed by atoms with Crippen molar-refractivity contribution in [1.29, 1.82) is 0 Å². The summed E-state index contributed by atoms with van der Waals surface area (Å²) in [7, 11) is 0. The molecule has 0 spiro atoms. The maximum absolute atomic E-state index is 12.7. The van der Waals surface area contributed by atoms with Crippen LogP contribution in [0.5, 0.6) is 0 Å². The molecule has 1 amide bonds. The number of rotatable bonds is 4. The van der Waals surface area contributed by atoms with Crippen molar-refractivity contribution in [2.75, 3.05) is 18.4 Å². The van der Waals surface area contributed by atoms with E-state index in [0.717, 1.165) is 48.9 Å². The number of hydrogen-bond acceptors (Lipinski definition) is 4. The van der Waals surface area contributed by atoms with E-state index in [1.165, 1.54) is 5.56 Å². The third-order valence-corrected chi connectivity index (χ3v) is 5.04. The summed E-state index contributed by atoms with van der Waals surface area (Å²) in [6, 6.07) is 10.2. The van der Waals surface area contributed by atoms with E-state index >= 15 is 0 Å². The number of likely N-dealkylation sites (tertiary alicyclic amines) is 1. The molecule has 1 saturated heterocycles. The number of carbonyl (C=O) groups is 1. The van der Waals surface area contributed by atoms with Crippen LogP contribution in [0.2, 0.25) is 0 Å². The lowest BCUT2D eigenvalue weighted by Gasteiger charge is -2.32. The van der Waals surface area contributed by atoms with Gasteiger partial charge in [-0.1, -0.05) is 18.2 Å². The molecule has 134 valence electrons. The van der Waals surface area contributed by atoms with E-state index in [2.05, 4.69) is 43.6 Å². The summed E-state index contributed by atoms with van der Waals surface area (Å²) < 4.78 is 0. The van der Waals surface area contributed by atoms with Gasteiger partial charge in [-0.05, 0) is 49.6 Å². The van der Waals surface area contributed by atoms with Crippen LogP contribution < -0.4 is 5.32 Å². The number of hydrogen-bond donors (Lipinski definition) is 2. The molecule has 1 fully saturated rings. The number of amides is 1. The van der Waals surface area contributed by atoms with Crippen LogP contribution in [0.4, 0.5) is 5.82 Å². The normalized spacial score (nSPS) is 18.1. The fourth-order valence-electron chi connectivity index (χ4n) is 3.59. The second-order valence-corrected chi connectivity index (χ2v) is 7.02. The Morgan fingerprint density at radius 2 is 2.31 bits per heavy atom. The molecule has 1 unspecified atom stereocenters. The van der Waals surface area contributed by atoms with Gasteiger partial charge in [0.25, 0.3) is 0 Å². The first-order valence-corrected chi connectivity index (χ1v) is 9.06. The number of carbonyl (C=O) groups excluding carboxylic acids is 1. The standard InChI is InChI=1S/C20H23N5O/c1-14-4-2-8-21-19(14)23-20(26)17-5-3-9-25(13-17)12-15-6-7-16-11-22-24-18(16)10-15/h2,4,6-8,10-11,17H,3,5,9,12-13H2,1H3,(H,22,24)(H,21,23,26). The zero-order chi connectivity index (χ0) is 17.9. The van der Waals surface area contributed by atoms with Crippen LogP contribution in [0.15, 0.2) is 42.7 Å². The monoisotopic (exact) mass is 349 g/mol. The summed E-state index contributed by atoms with van der Waals surface area (Å²) in [5, 5.41) is 11.2. The maximum atomic E-state index is 12.7. The summed E-state index contributed by atoms with van der Waals surface area (Å²) in [6.45, 7) is 4.61. The molecule has 0 radical (unpaired) electrons. The number of aryl methyl sites for hydroxylation is 1. The summed E-state index contributed by atoms with van der Waals surface area (Å²) in [5.74, 6) is 0.737. The first-order valence-electron chi connectivity index (χ1n) is 9.06. The molecule has 3 aromatic rings. The number of nitrogens with zero attached hydrogens (tertiary/aromatic N) is 3. The highest BCUT2D eigenvalue weighted by Gasteiger charge is 2.26. The average Bonchev–Trinajstić information content (AvgIpc) is 3.11. The molecular formula is C20H23N5O. The van der Waals surface area contributed by atoms with Crippen LogP contribution in [0.25, 0.3) is 10.9 Å². The van der Waals surface area contributed by atoms with Gasteiger partial charge in [0.15, 0.2) is 0 Å². The number of aromatic amines is 1. The minimum Gasteiger partial charge on any atom is -0.310 e. The van der Waals surface area contributed by atoms with E-state index in [-0.39, 0.29) is 11.8 Å². The zero-order valence-electron chi connectivity index (χ0n) is 14.9. The maximum Gasteiger partial charge on any atom is 0.229 e. The number of anilines is 1. The van der Waals surface area contributed by atoms with Crippen LogP contribution in [0.1, 0.15) is 24.0 Å². The molecule has 6 heteroatoms. The lowest BCUT2D eigenvalue weighted by molar-refractivity contribution is -0.121. The Morgan fingerprint density at radius 1 is 1.38 bits per heavy atom. The first kappa shape index (κ1) is 16.7. The Balaban J connectivity index is 1.40. The van der Waals surface area contributed by atoms with Gasteiger partial charge in [-0.15, -0.1) is 0 Å². The number of fused-ring (bicyclic) bond motifs is 1. The van der Waals surface area contributed by atoms with Gasteiger partial charge >= 0.3 is 0 Å². The zero-order valence-corrected chi connectivity index (χ0v) is 14.9. The van der Waals surface area contributed by atoms with Crippen molar-refractivity contribution in [3.05, 3.63) is 53.9 Å². The van der Waals surface area contributed by atoms with Gasteiger partial charge in [0.1, 0.15) is 5.82 Å². The average molecular weight is 349 g/mol. The second-order valence-electron chi connectivity index (χ2n) is 7.02. The third kappa shape index (κ3) is 3.60. The molecule has 1 atom stereocenters. The van der Waals surface area contributed by atoms with Gasteiger partial charge in [0.05, 0.1) is 17.6 Å². The lowest BCUT2D eigenvalue weighted by atomic mass is 9.96. The Kier molecular flexibility index (Phi) is 4.67. The number of benzene rings is 1. The van der Waals surface area contributed by atoms with Gasteiger partial charge in [-0.2, -0.15) is 5.10 Å². The summed E-state index contributed by atoms with van der Waals surface area (Å²) in [4.78, 5) is 19.3. The SMILES string of the molecule is Cc1cccnc1NC(=O)C1CCCN(Cc2ccc3cn[nH]c3c2)C1. The van der Waals surface area contributed by atoms with E-state index in [1.54, 1.807) is 6.20 Å². The van der Waals surface area contributed by atoms with Gasteiger partial charge in [-0.25, -0.2) is 4.98 Å². The highest BCUT2D eigenvalue weighted by Crippen LogP contribution is 2.22. The third-order valence-electron chi connectivity index (χ3n) is 5.04. The quantitative estimate of drug-likeness (QED) is 0.759. The Morgan fingerprint density at radius 3 is 3.19 bits per heavy atom. The molecule has 1 aromatic carbocycles. The molecule has 2 N–H and O–H groups in total. The summed E-state index contributed by atoms with van der Waals surface area (Å²) in [5.41, 5.74) is 3.28. The first-order chi connectivity index (χ1) is 12.7. The van der Waals surface area contributed by atoms with Crippen LogP contribution in [-0.2, 0) is 11.3 Å². The number of aromatic nitrogens is 3. The highest BCUT2D eigenvalue weighted by molar-refractivity contribution is 5.92. The molecule has 0 bridgehead atoms. The molecular weight excluding hydrogens is 326 g/mol. The van der Waals surface area contributed by atoms with Crippen LogP contribution in [0, 0.1) is 12.8 Å². The molecule has 0 aliphatic carbocycles. The predicted octanol–water partition coefficient (Wildman–Crippen LogP) is 3.12. The van der Waals surface area contributed by atoms with Gasteiger partial charge in [-0.3, -0.25) is 14.8 Å². The summed E-state index contributed by atoms with van der Waals surface area (Å²) in [6.07, 6.45) is 5.50. The van der Waals surface area contributed by atoms with E-state index in [4.69, 9.17) is 0 Å². The van der Waals surface area contributed by atoms with Crippen molar-refractivity contribution < 1.29 is 4.79 Å². The fourth-order valence-corrected chi connectivity index (χ4v) is 3.59. The Labute approximate surface area is 152 Å².